The van der Waals surface area contributed by atoms with Crippen molar-refractivity contribution in [1.82, 2.24) is 4.90 Å². The molecule has 2 aliphatic heterocycles. The lowest BCUT2D eigenvalue weighted by Gasteiger charge is -2.19. The second kappa shape index (κ2) is 7.70. The first kappa shape index (κ1) is 18.6. The topological polar surface area (TPSA) is 100 Å². The number of nitrogens with one attached hydrogen (secondary N) is 2. The van der Waals surface area contributed by atoms with E-state index in [-0.39, 0.29) is 31.2 Å². The van der Waals surface area contributed by atoms with Gasteiger partial charge in [-0.25, -0.2) is 4.79 Å². The fourth-order valence-electron chi connectivity index (χ4n) is 3.27. The predicted molar refractivity (Wildman–Crippen MR) is 106 cm³/mol. The average Bonchev–Trinajstić information content (AvgIpc) is 3.28. The van der Waals surface area contributed by atoms with Crippen molar-refractivity contribution < 1.29 is 23.9 Å². The Labute approximate surface area is 167 Å². The standard InChI is InChI=1S/C20H20N4O5/c1-13(25)21-14-3-2-4-15(9-14)22-19(26)11-23-7-8-24(20(23)27)16-5-6-17-18(10-16)29-12-28-17/h2-6,9-10H,7-8,11-12H2,1H3,(H,21,25)(H,22,26). The Morgan fingerprint density at radius 1 is 1.00 bits per heavy atom. The second-order valence-corrected chi connectivity index (χ2v) is 6.70. The molecule has 0 spiro atoms. The lowest BCUT2D eigenvalue weighted by Crippen LogP contribution is -2.37. The summed E-state index contributed by atoms with van der Waals surface area (Å²) in [6.45, 7) is 2.43. The number of carbonyl (C=O) groups excluding carboxylic acids is 3. The number of urea groups is 1. The maximum Gasteiger partial charge on any atom is 0.325 e. The van der Waals surface area contributed by atoms with Crippen molar-refractivity contribution in [2.75, 3.05) is 42.0 Å². The van der Waals surface area contributed by atoms with Crippen molar-refractivity contribution in [3.05, 3.63) is 42.5 Å². The van der Waals surface area contributed by atoms with E-state index in [1.54, 1.807) is 47.4 Å². The van der Waals surface area contributed by atoms with E-state index in [4.69, 9.17) is 9.47 Å². The van der Waals surface area contributed by atoms with Crippen LogP contribution in [0.25, 0.3) is 0 Å². The van der Waals surface area contributed by atoms with E-state index in [0.717, 1.165) is 0 Å². The lowest BCUT2D eigenvalue weighted by molar-refractivity contribution is -0.116. The summed E-state index contributed by atoms with van der Waals surface area (Å²) in [5.74, 6) is 0.745. The van der Waals surface area contributed by atoms with Crippen LogP contribution in [0.2, 0.25) is 0 Å². The number of anilines is 3. The summed E-state index contributed by atoms with van der Waals surface area (Å²) in [5, 5.41) is 5.41. The minimum atomic E-state index is -0.314. The quantitative estimate of drug-likeness (QED) is 0.808. The fourth-order valence-corrected chi connectivity index (χ4v) is 3.27. The average molecular weight is 396 g/mol. The van der Waals surface area contributed by atoms with Crippen LogP contribution in [0.5, 0.6) is 11.5 Å². The largest absolute Gasteiger partial charge is 0.454 e. The highest BCUT2D eigenvalue weighted by Crippen LogP contribution is 2.36. The van der Waals surface area contributed by atoms with Gasteiger partial charge in [0.2, 0.25) is 18.6 Å². The highest BCUT2D eigenvalue weighted by Gasteiger charge is 2.31. The van der Waals surface area contributed by atoms with Gasteiger partial charge in [-0.3, -0.25) is 14.5 Å². The third-order valence-electron chi connectivity index (χ3n) is 4.56. The molecule has 0 radical (unpaired) electrons. The van der Waals surface area contributed by atoms with Crippen molar-refractivity contribution >= 4 is 34.9 Å². The van der Waals surface area contributed by atoms with Crippen LogP contribution in [0.15, 0.2) is 42.5 Å². The van der Waals surface area contributed by atoms with Crippen molar-refractivity contribution in [3.8, 4) is 11.5 Å². The molecular formula is C20H20N4O5. The smallest absolute Gasteiger partial charge is 0.325 e. The van der Waals surface area contributed by atoms with Gasteiger partial charge in [-0.15, -0.1) is 0 Å². The Balaban J connectivity index is 1.37. The number of ether oxygens (including phenoxy) is 2. The van der Waals surface area contributed by atoms with Gasteiger partial charge in [0, 0.05) is 43.1 Å². The number of amides is 4. The first-order chi connectivity index (χ1) is 14.0. The second-order valence-electron chi connectivity index (χ2n) is 6.70. The highest BCUT2D eigenvalue weighted by atomic mass is 16.7. The fraction of sp³-hybridized carbons (Fsp3) is 0.250. The Morgan fingerprint density at radius 3 is 2.55 bits per heavy atom. The van der Waals surface area contributed by atoms with Crippen LogP contribution >= 0.6 is 0 Å². The molecule has 9 heteroatoms. The Hall–Kier alpha value is -3.75. The van der Waals surface area contributed by atoms with E-state index < -0.39 is 0 Å². The summed E-state index contributed by atoms with van der Waals surface area (Å²) >= 11 is 0. The molecule has 1 fully saturated rings. The normalized spacial score (nSPS) is 14.9. The van der Waals surface area contributed by atoms with Gasteiger partial charge >= 0.3 is 6.03 Å². The molecule has 1 saturated heterocycles. The zero-order valence-corrected chi connectivity index (χ0v) is 15.8. The minimum absolute atomic E-state index is 0.0652. The number of nitrogens with zero attached hydrogens (tertiary/aromatic N) is 2. The zero-order chi connectivity index (χ0) is 20.4. The van der Waals surface area contributed by atoms with Crippen LogP contribution < -0.4 is 25.0 Å². The van der Waals surface area contributed by atoms with Crippen molar-refractivity contribution in [1.29, 1.82) is 0 Å². The predicted octanol–water partition coefficient (Wildman–Crippen LogP) is 2.25. The van der Waals surface area contributed by atoms with E-state index in [1.807, 2.05) is 0 Å². The molecule has 29 heavy (non-hydrogen) atoms. The molecular weight excluding hydrogens is 376 g/mol. The Morgan fingerprint density at radius 2 is 1.76 bits per heavy atom. The molecule has 0 unspecified atom stereocenters. The number of rotatable bonds is 5. The van der Waals surface area contributed by atoms with Crippen LogP contribution in [-0.4, -0.2) is 49.2 Å². The number of benzene rings is 2. The molecule has 150 valence electrons. The van der Waals surface area contributed by atoms with E-state index in [1.165, 1.54) is 11.8 Å². The summed E-state index contributed by atoms with van der Waals surface area (Å²) in [5.41, 5.74) is 1.83. The first-order valence-corrected chi connectivity index (χ1v) is 9.13. The van der Waals surface area contributed by atoms with Gasteiger partial charge in [-0.05, 0) is 30.3 Å². The lowest BCUT2D eigenvalue weighted by atomic mass is 10.2. The highest BCUT2D eigenvalue weighted by molar-refractivity contribution is 6.00. The van der Waals surface area contributed by atoms with Crippen molar-refractivity contribution in [2.45, 2.75) is 6.92 Å². The summed E-state index contributed by atoms with van der Waals surface area (Å²) in [4.78, 5) is 39.4. The first-order valence-electron chi connectivity index (χ1n) is 9.13. The molecule has 2 N–H and O–H groups in total. The van der Waals surface area contributed by atoms with Gasteiger partial charge in [0.25, 0.3) is 0 Å². The summed E-state index contributed by atoms with van der Waals surface area (Å²) in [7, 11) is 0. The van der Waals surface area contributed by atoms with Gasteiger partial charge in [-0.2, -0.15) is 0 Å². The Kier molecular flexibility index (Phi) is 4.94. The number of fused-ring (bicyclic) bond motifs is 1. The molecule has 2 aliphatic rings. The van der Waals surface area contributed by atoms with Gasteiger partial charge in [0.1, 0.15) is 6.54 Å². The van der Waals surface area contributed by atoms with Crippen molar-refractivity contribution in [3.63, 3.8) is 0 Å². The molecule has 0 atom stereocenters. The van der Waals surface area contributed by atoms with Crippen LogP contribution in [0.3, 0.4) is 0 Å². The minimum Gasteiger partial charge on any atom is -0.454 e. The molecule has 4 rings (SSSR count). The van der Waals surface area contributed by atoms with Gasteiger partial charge in [-0.1, -0.05) is 6.07 Å². The molecule has 9 nitrogen and oxygen atoms in total. The summed E-state index contributed by atoms with van der Waals surface area (Å²) < 4.78 is 10.7. The summed E-state index contributed by atoms with van der Waals surface area (Å²) in [6, 6.07) is 11.9. The number of hydrogen-bond acceptors (Lipinski definition) is 5. The molecule has 0 aromatic heterocycles. The van der Waals surface area contributed by atoms with Gasteiger partial charge in [0.05, 0.1) is 0 Å². The SMILES string of the molecule is CC(=O)Nc1cccc(NC(=O)CN2CCN(c3ccc4c(c3)OCO4)C2=O)c1. The monoisotopic (exact) mass is 396 g/mol. The molecule has 2 heterocycles. The molecule has 0 aliphatic carbocycles. The van der Waals surface area contributed by atoms with Gasteiger partial charge < -0.3 is 25.0 Å². The Bertz CT molecular complexity index is 977. The maximum atomic E-state index is 12.7. The van der Waals surface area contributed by atoms with Crippen LogP contribution in [-0.2, 0) is 9.59 Å². The molecule has 4 amide bonds. The van der Waals surface area contributed by atoms with Crippen LogP contribution in [0.4, 0.5) is 21.9 Å². The number of hydrogen-bond donors (Lipinski definition) is 2. The number of carbonyl (C=O) groups is 3. The van der Waals surface area contributed by atoms with E-state index in [2.05, 4.69) is 10.6 Å². The maximum absolute atomic E-state index is 12.7. The third kappa shape index (κ3) is 4.08. The van der Waals surface area contributed by atoms with E-state index in [9.17, 15) is 14.4 Å². The molecule has 0 saturated carbocycles. The van der Waals surface area contributed by atoms with Crippen molar-refractivity contribution in [2.24, 2.45) is 0 Å². The summed E-state index contributed by atoms with van der Waals surface area (Å²) in [6.07, 6.45) is 0. The third-order valence-corrected chi connectivity index (χ3v) is 4.56. The zero-order valence-electron chi connectivity index (χ0n) is 15.8. The molecule has 2 aromatic rings. The van der Waals surface area contributed by atoms with Crippen LogP contribution in [0, 0.1) is 0 Å². The van der Waals surface area contributed by atoms with Gasteiger partial charge in [0.15, 0.2) is 11.5 Å². The molecule has 0 bridgehead atoms. The molecule has 2 aromatic carbocycles. The van der Waals surface area contributed by atoms with Crippen LogP contribution in [0.1, 0.15) is 6.92 Å². The van der Waals surface area contributed by atoms with E-state index >= 15 is 0 Å². The van der Waals surface area contributed by atoms with E-state index in [0.29, 0.717) is 41.7 Å².